The van der Waals surface area contributed by atoms with Crippen LogP contribution in [0.3, 0.4) is 0 Å². The maximum Gasteiger partial charge on any atom is 0.347 e. The van der Waals surface area contributed by atoms with Crippen LogP contribution in [0.1, 0.15) is 46.0 Å². The van der Waals surface area contributed by atoms with Gasteiger partial charge in [-0.3, -0.25) is 4.79 Å². The van der Waals surface area contributed by atoms with Gasteiger partial charge in [0.15, 0.2) is 0 Å². The molecule has 4 unspecified atom stereocenters. The van der Waals surface area contributed by atoms with Gasteiger partial charge in [-0.2, -0.15) is 8.78 Å². The summed E-state index contributed by atoms with van der Waals surface area (Å²) in [5, 5.41) is 9.69. The maximum absolute atomic E-state index is 14.6. The Labute approximate surface area is 125 Å². The van der Waals surface area contributed by atoms with Crippen molar-refractivity contribution in [3.8, 4) is 0 Å². The van der Waals surface area contributed by atoms with Gasteiger partial charge in [0.05, 0.1) is 5.92 Å². The van der Waals surface area contributed by atoms with Crippen molar-refractivity contribution in [3.05, 3.63) is 0 Å². The van der Waals surface area contributed by atoms with E-state index in [0.29, 0.717) is 12.8 Å². The van der Waals surface area contributed by atoms with Gasteiger partial charge in [0.25, 0.3) is 12.2 Å². The van der Waals surface area contributed by atoms with Crippen LogP contribution in [-0.4, -0.2) is 40.9 Å². The van der Waals surface area contributed by atoms with Crippen molar-refractivity contribution in [1.82, 2.24) is 0 Å². The number of halogens is 4. The van der Waals surface area contributed by atoms with E-state index in [1.54, 1.807) is 6.92 Å². The third kappa shape index (κ3) is 2.22. The van der Waals surface area contributed by atoms with Gasteiger partial charge in [0, 0.05) is 0 Å². The van der Waals surface area contributed by atoms with Gasteiger partial charge >= 0.3 is 11.9 Å². The summed E-state index contributed by atoms with van der Waals surface area (Å²) < 4.78 is 64.9. The average molecular weight is 328 g/mol. The fraction of sp³-hybridized carbons (Fsp3) is 0.929. The second kappa shape index (κ2) is 5.63. The Balaban J connectivity index is 2.41. The Morgan fingerprint density at radius 1 is 1.41 bits per heavy atom. The van der Waals surface area contributed by atoms with Crippen LogP contribution in [0.25, 0.3) is 0 Å². The number of hydrogen-bond donors (Lipinski definition) is 1. The van der Waals surface area contributed by atoms with Crippen LogP contribution in [0.4, 0.5) is 17.6 Å². The van der Waals surface area contributed by atoms with Crippen LogP contribution in [0.2, 0.25) is 0 Å². The Hall–Kier alpha value is -0.890. The van der Waals surface area contributed by atoms with E-state index >= 15 is 0 Å². The predicted octanol–water partition coefficient (Wildman–Crippen LogP) is 2.88. The molecule has 0 bridgehead atoms. The molecule has 2 rings (SSSR count). The molecule has 2 fully saturated rings. The first kappa shape index (κ1) is 17.5. The van der Waals surface area contributed by atoms with Gasteiger partial charge in [-0.1, -0.05) is 20.3 Å². The molecule has 0 radical (unpaired) electrons. The SMILES string of the molecule is CCC(C)C(=O)OC12CCCCC1OC(O)(C(F)F)C2(F)F. The molecular formula is C14H20F4O4. The summed E-state index contributed by atoms with van der Waals surface area (Å²) in [7, 11) is 0. The average Bonchev–Trinajstić information content (AvgIpc) is 2.64. The zero-order chi connectivity index (χ0) is 16.8. The molecule has 1 aliphatic heterocycles. The highest BCUT2D eigenvalue weighted by molar-refractivity contribution is 5.72. The van der Waals surface area contributed by atoms with Crippen molar-refractivity contribution in [2.45, 2.75) is 75.8 Å². The monoisotopic (exact) mass is 328 g/mol. The van der Waals surface area contributed by atoms with Crippen LogP contribution in [0.15, 0.2) is 0 Å². The highest BCUT2D eigenvalue weighted by atomic mass is 19.3. The van der Waals surface area contributed by atoms with Crippen molar-refractivity contribution in [1.29, 1.82) is 0 Å². The first-order chi connectivity index (χ1) is 10.1. The standard InChI is InChI=1S/C14H20F4O4/c1-3-8(2)10(19)22-12-7-5-4-6-9(12)21-13(20,11(15)16)14(12,17)18/h8-9,11,20H,3-7H2,1-2H3. The Bertz CT molecular complexity index is 445. The number of alkyl halides is 4. The van der Waals surface area contributed by atoms with E-state index in [1.165, 1.54) is 6.92 Å². The van der Waals surface area contributed by atoms with Crippen molar-refractivity contribution in [2.24, 2.45) is 5.92 Å². The highest BCUT2D eigenvalue weighted by Crippen LogP contribution is 2.58. The number of carbonyl (C=O) groups excluding carboxylic acids is 1. The van der Waals surface area contributed by atoms with Gasteiger partial charge in [0.2, 0.25) is 5.60 Å². The number of fused-ring (bicyclic) bond motifs is 1. The van der Waals surface area contributed by atoms with E-state index in [0.717, 1.165) is 0 Å². The quantitative estimate of drug-likeness (QED) is 0.637. The molecule has 0 spiro atoms. The minimum atomic E-state index is -4.39. The highest BCUT2D eigenvalue weighted by Gasteiger charge is 2.82. The lowest BCUT2D eigenvalue weighted by Crippen LogP contribution is -2.63. The lowest BCUT2D eigenvalue weighted by molar-refractivity contribution is -0.340. The number of carbonyl (C=O) groups is 1. The summed E-state index contributed by atoms with van der Waals surface area (Å²) in [6.07, 6.45) is -4.42. The minimum Gasteiger partial charge on any atom is -0.449 e. The maximum atomic E-state index is 14.6. The first-order valence-corrected chi connectivity index (χ1v) is 7.41. The fourth-order valence-electron chi connectivity index (χ4n) is 3.03. The van der Waals surface area contributed by atoms with E-state index in [1.807, 2.05) is 0 Å². The molecule has 4 atom stereocenters. The summed E-state index contributed by atoms with van der Waals surface area (Å²) in [5.74, 6) is -9.86. The third-order valence-electron chi connectivity index (χ3n) is 4.68. The lowest BCUT2D eigenvalue weighted by atomic mass is 9.77. The van der Waals surface area contributed by atoms with E-state index in [4.69, 9.17) is 4.74 Å². The third-order valence-corrected chi connectivity index (χ3v) is 4.68. The van der Waals surface area contributed by atoms with Crippen molar-refractivity contribution in [3.63, 3.8) is 0 Å². The second-order valence-corrected chi connectivity index (χ2v) is 6.04. The summed E-state index contributed by atoms with van der Waals surface area (Å²) in [6, 6.07) is 0. The second-order valence-electron chi connectivity index (χ2n) is 6.04. The van der Waals surface area contributed by atoms with Crippen LogP contribution in [-0.2, 0) is 14.3 Å². The molecule has 0 aromatic carbocycles. The molecule has 22 heavy (non-hydrogen) atoms. The molecule has 1 aliphatic carbocycles. The lowest BCUT2D eigenvalue weighted by Gasteiger charge is -2.41. The minimum absolute atomic E-state index is 0.0262. The Kier molecular flexibility index (Phi) is 4.47. The van der Waals surface area contributed by atoms with E-state index in [-0.39, 0.29) is 19.3 Å². The van der Waals surface area contributed by atoms with Gasteiger partial charge in [-0.15, -0.1) is 0 Å². The zero-order valence-corrected chi connectivity index (χ0v) is 12.5. The molecule has 0 aromatic heterocycles. The molecule has 1 N–H and O–H groups in total. The fourth-order valence-corrected chi connectivity index (χ4v) is 3.03. The van der Waals surface area contributed by atoms with Crippen LogP contribution in [0, 0.1) is 5.92 Å². The topological polar surface area (TPSA) is 55.8 Å². The van der Waals surface area contributed by atoms with Gasteiger partial charge < -0.3 is 14.6 Å². The van der Waals surface area contributed by atoms with Crippen LogP contribution in [0.5, 0.6) is 0 Å². The summed E-state index contributed by atoms with van der Waals surface area (Å²) in [6.45, 7) is 3.19. The molecule has 128 valence electrons. The summed E-state index contributed by atoms with van der Waals surface area (Å²) in [4.78, 5) is 12.0. The Morgan fingerprint density at radius 2 is 2.05 bits per heavy atom. The largest absolute Gasteiger partial charge is 0.449 e. The summed E-state index contributed by atoms with van der Waals surface area (Å²) >= 11 is 0. The molecule has 8 heteroatoms. The number of esters is 1. The van der Waals surface area contributed by atoms with Crippen molar-refractivity contribution in [2.75, 3.05) is 0 Å². The van der Waals surface area contributed by atoms with Gasteiger partial charge in [-0.05, 0) is 25.7 Å². The van der Waals surface area contributed by atoms with E-state index in [9.17, 15) is 27.5 Å². The van der Waals surface area contributed by atoms with Crippen molar-refractivity contribution < 1.29 is 36.9 Å². The number of aliphatic hydroxyl groups is 1. The Morgan fingerprint density at radius 3 is 2.59 bits per heavy atom. The first-order valence-electron chi connectivity index (χ1n) is 7.41. The van der Waals surface area contributed by atoms with Crippen LogP contribution < -0.4 is 0 Å². The molecule has 1 saturated heterocycles. The van der Waals surface area contributed by atoms with E-state index in [2.05, 4.69) is 4.74 Å². The number of ether oxygens (including phenoxy) is 2. The van der Waals surface area contributed by atoms with Gasteiger partial charge in [0.1, 0.15) is 6.10 Å². The molecular weight excluding hydrogens is 308 g/mol. The molecule has 1 heterocycles. The predicted molar refractivity (Wildman–Crippen MR) is 67.5 cm³/mol. The number of hydrogen-bond acceptors (Lipinski definition) is 4. The normalized spacial score (nSPS) is 38.6. The molecule has 4 nitrogen and oxygen atoms in total. The molecule has 0 aromatic rings. The van der Waals surface area contributed by atoms with Crippen LogP contribution >= 0.6 is 0 Å². The molecule has 1 saturated carbocycles. The molecule has 0 amide bonds. The van der Waals surface area contributed by atoms with E-state index < -0.39 is 41.7 Å². The molecule has 2 aliphatic rings. The number of rotatable bonds is 4. The van der Waals surface area contributed by atoms with Crippen molar-refractivity contribution >= 4 is 5.97 Å². The van der Waals surface area contributed by atoms with Gasteiger partial charge in [-0.25, -0.2) is 8.78 Å². The smallest absolute Gasteiger partial charge is 0.347 e. The zero-order valence-electron chi connectivity index (χ0n) is 12.5. The summed E-state index contributed by atoms with van der Waals surface area (Å²) in [5.41, 5.74) is -2.53.